The van der Waals surface area contributed by atoms with E-state index in [1.165, 1.54) is 4.90 Å². The molecule has 2 aliphatic carbocycles. The van der Waals surface area contributed by atoms with E-state index < -0.39 is 0 Å². The fraction of sp³-hybridized carbons (Fsp3) is 0.438. The zero-order valence-corrected chi connectivity index (χ0v) is 11.4. The van der Waals surface area contributed by atoms with Gasteiger partial charge in [0.2, 0.25) is 11.8 Å². The summed E-state index contributed by atoms with van der Waals surface area (Å²) in [5.41, 5.74) is 0.997. The van der Waals surface area contributed by atoms with Gasteiger partial charge in [-0.15, -0.1) is 0 Å². The van der Waals surface area contributed by atoms with E-state index in [1.807, 2.05) is 36.1 Å². The summed E-state index contributed by atoms with van der Waals surface area (Å²) in [5, 5.41) is 0. The molecular weight excluding hydrogens is 252 g/mol. The normalized spacial score (nSPS) is 34.1. The standard InChI is InChI=1S/C16H17N2O2/c1-17-6-2-3-10(8-17)9-18-15(19)13-11-4-5-12(7-11)14(13)16(18)20/h2-6,8,11-14H,7,9H2,1H3/q+1/t11-,12+,13-,14+. The lowest BCUT2D eigenvalue weighted by molar-refractivity contribution is -0.672. The number of aromatic nitrogens is 1. The highest BCUT2D eigenvalue weighted by atomic mass is 16.2. The van der Waals surface area contributed by atoms with Crippen molar-refractivity contribution in [2.24, 2.45) is 30.7 Å². The Kier molecular flexibility index (Phi) is 2.37. The van der Waals surface area contributed by atoms with E-state index in [0.29, 0.717) is 18.4 Å². The summed E-state index contributed by atoms with van der Waals surface area (Å²) in [6, 6.07) is 3.90. The van der Waals surface area contributed by atoms with E-state index in [-0.39, 0.29) is 23.7 Å². The molecule has 0 N–H and O–H groups in total. The second-order valence-corrected chi connectivity index (χ2v) is 6.14. The number of likely N-dealkylation sites (tertiary alicyclic amines) is 1. The Morgan fingerprint density at radius 3 is 2.45 bits per heavy atom. The van der Waals surface area contributed by atoms with E-state index in [1.54, 1.807) is 0 Å². The van der Waals surface area contributed by atoms with Gasteiger partial charge in [0, 0.05) is 11.6 Å². The predicted octanol–water partition coefficient (Wildman–Crippen LogP) is 0.818. The molecule has 0 unspecified atom stereocenters. The van der Waals surface area contributed by atoms with Crippen LogP contribution in [0.2, 0.25) is 0 Å². The number of aryl methyl sites for hydroxylation is 1. The Hall–Kier alpha value is -1.97. The average molecular weight is 269 g/mol. The zero-order chi connectivity index (χ0) is 13.9. The van der Waals surface area contributed by atoms with Crippen molar-refractivity contribution in [3.05, 3.63) is 42.2 Å². The molecule has 1 aliphatic heterocycles. The Labute approximate surface area is 117 Å². The first-order valence-corrected chi connectivity index (χ1v) is 7.13. The van der Waals surface area contributed by atoms with Gasteiger partial charge in [0.15, 0.2) is 12.4 Å². The van der Waals surface area contributed by atoms with Crippen molar-refractivity contribution in [3.8, 4) is 0 Å². The molecule has 0 spiro atoms. The quantitative estimate of drug-likeness (QED) is 0.453. The second kappa shape index (κ2) is 4.01. The highest BCUT2D eigenvalue weighted by molar-refractivity contribution is 6.06. The number of carbonyl (C=O) groups is 2. The molecule has 102 valence electrons. The number of pyridine rings is 1. The van der Waals surface area contributed by atoms with Gasteiger partial charge in [0.1, 0.15) is 7.05 Å². The lowest BCUT2D eigenvalue weighted by atomic mass is 9.85. The molecule has 1 aromatic rings. The van der Waals surface area contributed by atoms with Crippen LogP contribution in [0.4, 0.5) is 0 Å². The number of carbonyl (C=O) groups excluding carboxylic acids is 2. The van der Waals surface area contributed by atoms with Crippen molar-refractivity contribution < 1.29 is 14.2 Å². The summed E-state index contributed by atoms with van der Waals surface area (Å²) in [6.45, 7) is 0.402. The molecule has 1 aromatic heterocycles. The maximum Gasteiger partial charge on any atom is 0.234 e. The van der Waals surface area contributed by atoms with E-state index in [0.717, 1.165) is 12.0 Å². The lowest BCUT2D eigenvalue weighted by Gasteiger charge is -2.16. The van der Waals surface area contributed by atoms with Crippen LogP contribution in [0, 0.1) is 23.7 Å². The van der Waals surface area contributed by atoms with Crippen LogP contribution < -0.4 is 4.57 Å². The average Bonchev–Trinajstić information content (AvgIpc) is 3.09. The smallest absolute Gasteiger partial charge is 0.234 e. The summed E-state index contributed by atoms with van der Waals surface area (Å²) >= 11 is 0. The molecule has 1 saturated carbocycles. The molecule has 4 nitrogen and oxygen atoms in total. The number of imide groups is 1. The molecule has 4 heteroatoms. The van der Waals surface area contributed by atoms with Crippen LogP contribution >= 0.6 is 0 Å². The van der Waals surface area contributed by atoms with E-state index in [4.69, 9.17) is 0 Å². The number of allylic oxidation sites excluding steroid dienone is 2. The summed E-state index contributed by atoms with van der Waals surface area (Å²) in [7, 11) is 1.94. The largest absolute Gasteiger partial charge is 0.277 e. The Morgan fingerprint density at radius 1 is 1.20 bits per heavy atom. The fourth-order valence-corrected chi connectivity index (χ4v) is 4.05. The SMILES string of the molecule is C[n+]1cccc(CN2C(=O)[C@@H]3[C@H](C2=O)[C@@H]2C=C[C@H]3C2)c1. The van der Waals surface area contributed by atoms with Crippen molar-refractivity contribution in [1.82, 2.24) is 4.90 Å². The zero-order valence-electron chi connectivity index (χ0n) is 11.4. The number of rotatable bonds is 2. The molecule has 2 amide bonds. The first-order chi connectivity index (χ1) is 9.65. The number of hydrogen-bond donors (Lipinski definition) is 0. The molecule has 4 atom stereocenters. The van der Waals surface area contributed by atoms with Gasteiger partial charge >= 0.3 is 0 Å². The lowest BCUT2D eigenvalue weighted by Crippen LogP contribution is -2.34. The highest BCUT2D eigenvalue weighted by Crippen LogP contribution is 2.52. The van der Waals surface area contributed by atoms with Crippen molar-refractivity contribution in [1.29, 1.82) is 0 Å². The van der Waals surface area contributed by atoms with E-state index in [2.05, 4.69) is 12.2 Å². The van der Waals surface area contributed by atoms with Crippen LogP contribution in [-0.2, 0) is 23.2 Å². The van der Waals surface area contributed by atoms with Crippen molar-refractivity contribution >= 4 is 11.8 Å². The van der Waals surface area contributed by atoms with Gasteiger partial charge in [-0.25, -0.2) is 4.57 Å². The minimum absolute atomic E-state index is 0.0309. The van der Waals surface area contributed by atoms with Crippen LogP contribution in [0.5, 0.6) is 0 Å². The van der Waals surface area contributed by atoms with Crippen LogP contribution in [0.15, 0.2) is 36.7 Å². The Balaban J connectivity index is 1.62. The molecule has 0 aromatic carbocycles. The van der Waals surface area contributed by atoms with Crippen LogP contribution in [0.25, 0.3) is 0 Å². The molecule has 2 heterocycles. The third-order valence-electron chi connectivity index (χ3n) is 4.90. The Bertz CT molecular complexity index is 607. The number of nitrogens with zero attached hydrogens (tertiary/aromatic N) is 2. The van der Waals surface area contributed by atoms with Crippen molar-refractivity contribution in [2.75, 3.05) is 0 Å². The minimum atomic E-state index is -0.0880. The molecule has 2 bridgehead atoms. The van der Waals surface area contributed by atoms with Crippen LogP contribution in [0.3, 0.4) is 0 Å². The Morgan fingerprint density at radius 2 is 1.85 bits per heavy atom. The third kappa shape index (κ3) is 1.51. The summed E-state index contributed by atoms with van der Waals surface area (Å²) in [5.74, 6) is 0.466. The summed E-state index contributed by atoms with van der Waals surface area (Å²) < 4.78 is 1.94. The minimum Gasteiger partial charge on any atom is -0.277 e. The maximum atomic E-state index is 12.5. The number of fused-ring (bicyclic) bond motifs is 5. The van der Waals surface area contributed by atoms with E-state index in [9.17, 15) is 9.59 Å². The predicted molar refractivity (Wildman–Crippen MR) is 70.9 cm³/mol. The molecular formula is C16H17N2O2+. The van der Waals surface area contributed by atoms with Gasteiger partial charge < -0.3 is 0 Å². The number of amides is 2. The topological polar surface area (TPSA) is 41.3 Å². The van der Waals surface area contributed by atoms with Gasteiger partial charge in [-0.3, -0.25) is 14.5 Å². The van der Waals surface area contributed by atoms with Gasteiger partial charge in [-0.1, -0.05) is 12.2 Å². The van der Waals surface area contributed by atoms with E-state index >= 15 is 0 Å². The fourth-order valence-electron chi connectivity index (χ4n) is 4.05. The molecule has 3 aliphatic rings. The summed E-state index contributed by atoms with van der Waals surface area (Å²) in [4.78, 5) is 26.6. The van der Waals surface area contributed by atoms with Crippen LogP contribution in [-0.4, -0.2) is 16.7 Å². The van der Waals surface area contributed by atoms with Gasteiger partial charge in [0.25, 0.3) is 0 Å². The highest BCUT2D eigenvalue weighted by Gasteiger charge is 2.59. The van der Waals surface area contributed by atoms with Gasteiger partial charge in [0.05, 0.1) is 18.4 Å². The molecule has 0 radical (unpaired) electrons. The van der Waals surface area contributed by atoms with Crippen LogP contribution in [0.1, 0.15) is 12.0 Å². The van der Waals surface area contributed by atoms with Gasteiger partial charge in [-0.2, -0.15) is 0 Å². The molecule has 1 saturated heterocycles. The summed E-state index contributed by atoms with van der Waals surface area (Å²) in [6.07, 6.45) is 9.14. The van der Waals surface area contributed by atoms with Gasteiger partial charge in [-0.05, 0) is 24.3 Å². The third-order valence-corrected chi connectivity index (χ3v) is 4.90. The van der Waals surface area contributed by atoms with Crippen molar-refractivity contribution in [2.45, 2.75) is 13.0 Å². The first kappa shape index (κ1) is 11.8. The molecule has 4 rings (SSSR count). The maximum absolute atomic E-state index is 12.5. The monoisotopic (exact) mass is 269 g/mol. The second-order valence-electron chi connectivity index (χ2n) is 6.14. The number of hydrogen-bond acceptors (Lipinski definition) is 2. The van der Waals surface area contributed by atoms with Crippen molar-refractivity contribution in [3.63, 3.8) is 0 Å². The molecule has 20 heavy (non-hydrogen) atoms. The first-order valence-electron chi connectivity index (χ1n) is 7.13. The molecule has 2 fully saturated rings.